The van der Waals surface area contributed by atoms with E-state index in [1.165, 1.54) is 15.8 Å². The maximum Gasteiger partial charge on any atom is 0.0702 e. The van der Waals surface area contributed by atoms with Gasteiger partial charge in [-0.2, -0.15) is 0 Å². The van der Waals surface area contributed by atoms with Gasteiger partial charge in [0.15, 0.2) is 0 Å². The lowest BCUT2D eigenvalue weighted by molar-refractivity contribution is 0.802. The first-order chi connectivity index (χ1) is 10.0. The van der Waals surface area contributed by atoms with E-state index in [2.05, 4.69) is 48.9 Å². The molecule has 0 N–H and O–H groups in total. The van der Waals surface area contributed by atoms with E-state index in [0.29, 0.717) is 0 Å². The SMILES string of the molecule is CC(C)(C)Sc1cnccc1-c1cnc2ccccc2c1. The Morgan fingerprint density at radius 2 is 1.81 bits per heavy atom. The van der Waals surface area contributed by atoms with E-state index in [-0.39, 0.29) is 4.75 Å². The monoisotopic (exact) mass is 294 g/mol. The lowest BCUT2D eigenvalue weighted by Gasteiger charge is -2.19. The quantitative estimate of drug-likeness (QED) is 0.608. The maximum absolute atomic E-state index is 4.57. The number of hydrogen-bond donors (Lipinski definition) is 0. The summed E-state index contributed by atoms with van der Waals surface area (Å²) < 4.78 is 0.155. The van der Waals surface area contributed by atoms with Gasteiger partial charge in [-0.05, 0) is 23.8 Å². The van der Waals surface area contributed by atoms with E-state index < -0.39 is 0 Å². The summed E-state index contributed by atoms with van der Waals surface area (Å²) in [6.45, 7) is 6.65. The Morgan fingerprint density at radius 3 is 2.62 bits per heavy atom. The van der Waals surface area contributed by atoms with Crippen molar-refractivity contribution in [3.63, 3.8) is 0 Å². The molecular formula is C18H18N2S. The Hall–Kier alpha value is -1.87. The summed E-state index contributed by atoms with van der Waals surface area (Å²) in [4.78, 5) is 10.0. The minimum Gasteiger partial charge on any atom is -0.264 e. The van der Waals surface area contributed by atoms with E-state index in [4.69, 9.17) is 0 Å². The van der Waals surface area contributed by atoms with Crippen molar-refractivity contribution in [2.24, 2.45) is 0 Å². The number of benzene rings is 1. The molecule has 0 aliphatic carbocycles. The number of nitrogens with zero attached hydrogens (tertiary/aromatic N) is 2. The van der Waals surface area contributed by atoms with Crippen molar-refractivity contribution in [3.8, 4) is 11.1 Å². The average molecular weight is 294 g/mol. The normalized spacial score (nSPS) is 11.8. The van der Waals surface area contributed by atoms with Crippen molar-refractivity contribution in [1.29, 1.82) is 0 Å². The van der Waals surface area contributed by atoms with Gasteiger partial charge < -0.3 is 0 Å². The molecule has 3 rings (SSSR count). The summed E-state index contributed by atoms with van der Waals surface area (Å²) in [6.07, 6.45) is 5.74. The number of hydrogen-bond acceptors (Lipinski definition) is 3. The molecule has 21 heavy (non-hydrogen) atoms. The third kappa shape index (κ3) is 3.24. The molecule has 0 saturated heterocycles. The van der Waals surface area contributed by atoms with E-state index in [1.54, 1.807) is 0 Å². The second kappa shape index (κ2) is 5.49. The molecule has 106 valence electrons. The van der Waals surface area contributed by atoms with Crippen LogP contribution < -0.4 is 0 Å². The number of rotatable bonds is 2. The Morgan fingerprint density at radius 1 is 1.00 bits per heavy atom. The van der Waals surface area contributed by atoms with Crippen LogP contribution >= 0.6 is 11.8 Å². The van der Waals surface area contributed by atoms with Crippen molar-refractivity contribution < 1.29 is 0 Å². The Bertz CT molecular complexity index is 775. The third-order valence-electron chi connectivity index (χ3n) is 3.10. The van der Waals surface area contributed by atoms with Crippen LogP contribution in [-0.2, 0) is 0 Å². The molecule has 0 radical (unpaired) electrons. The summed E-state index contributed by atoms with van der Waals surface area (Å²) in [6, 6.07) is 12.5. The largest absolute Gasteiger partial charge is 0.264 e. The molecule has 0 saturated carbocycles. The van der Waals surface area contributed by atoms with Crippen LogP contribution in [0.25, 0.3) is 22.0 Å². The minimum absolute atomic E-state index is 0.155. The third-order valence-corrected chi connectivity index (χ3v) is 4.26. The van der Waals surface area contributed by atoms with Crippen LogP contribution in [0.5, 0.6) is 0 Å². The predicted octanol–water partition coefficient (Wildman–Crippen LogP) is 5.19. The molecule has 0 atom stereocenters. The second-order valence-electron chi connectivity index (χ2n) is 6.00. The highest BCUT2D eigenvalue weighted by Gasteiger charge is 2.16. The van der Waals surface area contributed by atoms with Gasteiger partial charge in [-0.1, -0.05) is 39.0 Å². The minimum atomic E-state index is 0.155. The van der Waals surface area contributed by atoms with E-state index in [9.17, 15) is 0 Å². The lowest BCUT2D eigenvalue weighted by atomic mass is 10.1. The summed E-state index contributed by atoms with van der Waals surface area (Å²) in [5, 5.41) is 1.17. The van der Waals surface area contributed by atoms with Gasteiger partial charge in [-0.25, -0.2) is 0 Å². The Kier molecular flexibility index (Phi) is 3.68. The number of aromatic nitrogens is 2. The number of thioether (sulfide) groups is 1. The number of fused-ring (bicyclic) bond motifs is 1. The lowest BCUT2D eigenvalue weighted by Crippen LogP contribution is -2.07. The molecule has 2 heterocycles. The topological polar surface area (TPSA) is 25.8 Å². The van der Waals surface area contributed by atoms with E-state index in [0.717, 1.165) is 11.1 Å². The van der Waals surface area contributed by atoms with Gasteiger partial charge in [0.25, 0.3) is 0 Å². The van der Waals surface area contributed by atoms with Gasteiger partial charge >= 0.3 is 0 Å². The van der Waals surface area contributed by atoms with Crippen molar-refractivity contribution in [2.45, 2.75) is 30.4 Å². The van der Waals surface area contributed by atoms with Gasteiger partial charge in [-0.3, -0.25) is 9.97 Å². The van der Waals surface area contributed by atoms with Crippen LogP contribution in [-0.4, -0.2) is 14.7 Å². The molecule has 0 amide bonds. The van der Waals surface area contributed by atoms with Crippen LogP contribution in [0.3, 0.4) is 0 Å². The van der Waals surface area contributed by atoms with Gasteiger partial charge in [0.05, 0.1) is 5.52 Å². The maximum atomic E-state index is 4.57. The van der Waals surface area contributed by atoms with Crippen molar-refractivity contribution >= 4 is 22.7 Å². The van der Waals surface area contributed by atoms with Crippen molar-refractivity contribution in [3.05, 3.63) is 55.0 Å². The van der Waals surface area contributed by atoms with Crippen LogP contribution in [0.1, 0.15) is 20.8 Å². The fourth-order valence-corrected chi connectivity index (χ4v) is 3.32. The Labute approximate surface area is 129 Å². The predicted molar refractivity (Wildman–Crippen MR) is 90.6 cm³/mol. The van der Waals surface area contributed by atoms with Crippen LogP contribution in [0.15, 0.2) is 59.9 Å². The van der Waals surface area contributed by atoms with E-state index >= 15 is 0 Å². The molecule has 0 spiro atoms. The smallest absolute Gasteiger partial charge is 0.0702 e. The van der Waals surface area contributed by atoms with Crippen molar-refractivity contribution in [1.82, 2.24) is 9.97 Å². The number of para-hydroxylation sites is 1. The van der Waals surface area contributed by atoms with Crippen molar-refractivity contribution in [2.75, 3.05) is 0 Å². The number of pyridine rings is 2. The summed E-state index contributed by atoms with van der Waals surface area (Å²) >= 11 is 1.84. The highest BCUT2D eigenvalue weighted by Crippen LogP contribution is 2.38. The Balaban J connectivity index is 2.10. The van der Waals surface area contributed by atoms with Gasteiger partial charge in [0.1, 0.15) is 0 Å². The second-order valence-corrected chi connectivity index (χ2v) is 7.87. The van der Waals surface area contributed by atoms with Crippen LogP contribution in [0.4, 0.5) is 0 Å². The molecule has 0 unspecified atom stereocenters. The standard InChI is InChI=1S/C18H18N2S/c1-18(2,3)21-17-12-19-9-8-15(17)14-10-13-6-4-5-7-16(13)20-11-14/h4-12H,1-3H3. The zero-order chi connectivity index (χ0) is 14.9. The molecule has 3 aromatic rings. The zero-order valence-corrected chi connectivity index (χ0v) is 13.3. The van der Waals surface area contributed by atoms with E-state index in [1.807, 2.05) is 48.6 Å². The van der Waals surface area contributed by atoms with Gasteiger partial charge in [-0.15, -0.1) is 11.8 Å². The fraction of sp³-hybridized carbons (Fsp3) is 0.222. The van der Waals surface area contributed by atoms with Gasteiger partial charge in [0.2, 0.25) is 0 Å². The molecular weight excluding hydrogens is 276 g/mol. The summed E-state index contributed by atoms with van der Waals surface area (Å²) in [7, 11) is 0. The molecule has 2 nitrogen and oxygen atoms in total. The molecule has 0 bridgehead atoms. The van der Waals surface area contributed by atoms with Gasteiger partial charge in [0, 0.05) is 39.2 Å². The average Bonchev–Trinajstić information content (AvgIpc) is 2.46. The zero-order valence-electron chi connectivity index (χ0n) is 12.5. The highest BCUT2D eigenvalue weighted by molar-refractivity contribution is 8.00. The molecule has 0 aliphatic rings. The first-order valence-corrected chi connectivity index (χ1v) is 7.83. The molecule has 1 aromatic carbocycles. The molecule has 0 fully saturated rings. The first kappa shape index (κ1) is 14.1. The molecule has 0 aliphatic heterocycles. The molecule has 2 aromatic heterocycles. The summed E-state index contributed by atoms with van der Waals surface area (Å²) in [5.41, 5.74) is 3.37. The summed E-state index contributed by atoms with van der Waals surface area (Å²) in [5.74, 6) is 0. The molecule has 3 heteroatoms. The van der Waals surface area contributed by atoms with Crippen LogP contribution in [0.2, 0.25) is 0 Å². The first-order valence-electron chi connectivity index (χ1n) is 7.01. The van der Waals surface area contributed by atoms with Crippen LogP contribution in [0, 0.1) is 0 Å². The highest BCUT2D eigenvalue weighted by atomic mass is 32.2. The fourth-order valence-electron chi connectivity index (χ4n) is 2.25.